The van der Waals surface area contributed by atoms with Crippen LogP contribution < -0.4 is 28.1 Å². The highest BCUT2D eigenvalue weighted by molar-refractivity contribution is 5.77. The van der Waals surface area contributed by atoms with E-state index in [9.17, 15) is 0 Å². The predicted molar refractivity (Wildman–Crippen MR) is 140 cm³/mol. The van der Waals surface area contributed by atoms with Crippen LogP contribution in [0.15, 0.2) is 103 Å². The fraction of sp³-hybridized carbons (Fsp3) is 0.129. The molecule has 2 aromatic rings. The molecule has 2 heterocycles. The van der Waals surface area contributed by atoms with Crippen molar-refractivity contribution in [3.8, 4) is 16.8 Å². The van der Waals surface area contributed by atoms with Crippen molar-refractivity contribution in [2.45, 2.75) is 20.8 Å². The molecule has 0 atom stereocenters. The lowest BCUT2D eigenvalue weighted by Crippen LogP contribution is -2.68. The summed E-state index contributed by atoms with van der Waals surface area (Å²) >= 11 is 0. The Bertz CT molecular complexity index is 1430. The molecule has 0 amide bonds. The maximum atomic E-state index is 8.49. The summed E-state index contributed by atoms with van der Waals surface area (Å²) in [4.78, 5) is 2.36. The summed E-state index contributed by atoms with van der Waals surface area (Å²) in [6, 6.07) is 28.1. The van der Waals surface area contributed by atoms with E-state index in [4.69, 9.17) is 18.6 Å². The van der Waals surface area contributed by atoms with Crippen molar-refractivity contribution in [1.29, 1.82) is 0 Å². The standard InChI is InChI=1S/C31H29N2.ClHO4/c1-4-32-27(20-19-26-12-8-9-16-31(26)32)15-10-11-25-17-21-29-23(2)33(24(3)30(29)22-18-25)28-13-6-5-7-14-28;2-1(3,4)5/h5-22H,4H2,1-3H3;(H,2,3,4,5)/q+1;/p-1. The average molecular weight is 529 g/mol. The fourth-order valence-corrected chi connectivity index (χ4v) is 4.83. The van der Waals surface area contributed by atoms with Gasteiger partial charge in [0.25, 0.3) is 0 Å². The van der Waals surface area contributed by atoms with E-state index in [1.807, 2.05) is 0 Å². The van der Waals surface area contributed by atoms with Crippen LogP contribution >= 0.6 is 0 Å². The van der Waals surface area contributed by atoms with Crippen LogP contribution in [0, 0.1) is 24.1 Å². The minimum atomic E-state index is -4.94. The molecule has 0 bridgehead atoms. The highest BCUT2D eigenvalue weighted by atomic mass is 35.7. The van der Waals surface area contributed by atoms with E-state index in [0.29, 0.717) is 0 Å². The number of benzene rings is 2. The molecule has 2 aliphatic heterocycles. The number of anilines is 1. The van der Waals surface area contributed by atoms with Gasteiger partial charge >= 0.3 is 0 Å². The van der Waals surface area contributed by atoms with E-state index < -0.39 is 10.2 Å². The van der Waals surface area contributed by atoms with Gasteiger partial charge in [-0.25, -0.2) is 18.6 Å². The van der Waals surface area contributed by atoms with Gasteiger partial charge in [-0.05, 0) is 48.4 Å². The molecule has 5 rings (SSSR count). The van der Waals surface area contributed by atoms with E-state index >= 15 is 0 Å². The van der Waals surface area contributed by atoms with Gasteiger partial charge in [0.05, 0.1) is 11.1 Å². The van der Waals surface area contributed by atoms with E-state index in [-0.39, 0.29) is 0 Å². The lowest BCUT2D eigenvalue weighted by Gasteiger charge is -2.29. The van der Waals surface area contributed by atoms with Gasteiger partial charge < -0.3 is 4.90 Å². The number of allylic oxidation sites excluding steroid dienone is 3. The van der Waals surface area contributed by atoms with E-state index in [2.05, 4.69) is 139 Å². The second-order valence-electron chi connectivity index (χ2n) is 8.80. The third-order valence-electron chi connectivity index (χ3n) is 6.48. The quantitative estimate of drug-likeness (QED) is 0.379. The number of aromatic nitrogens is 1. The van der Waals surface area contributed by atoms with Gasteiger partial charge in [-0.15, -0.1) is 10.2 Å². The highest BCUT2D eigenvalue weighted by Gasteiger charge is 2.26. The van der Waals surface area contributed by atoms with Crippen LogP contribution in [0.25, 0.3) is 29.0 Å². The fourth-order valence-electron chi connectivity index (χ4n) is 4.83. The van der Waals surface area contributed by atoms with Gasteiger partial charge in [0.15, 0.2) is 11.4 Å². The van der Waals surface area contributed by atoms with Crippen molar-refractivity contribution in [3.05, 3.63) is 125 Å². The zero-order valence-corrected chi connectivity index (χ0v) is 22.3. The van der Waals surface area contributed by atoms with Crippen molar-refractivity contribution >= 4 is 17.8 Å². The monoisotopic (exact) mass is 528 g/mol. The molecule has 194 valence electrons. The Labute approximate surface area is 225 Å². The van der Waals surface area contributed by atoms with E-state index in [1.165, 1.54) is 50.7 Å². The van der Waals surface area contributed by atoms with E-state index in [1.54, 1.807) is 0 Å². The Morgan fingerprint density at radius 3 is 1.95 bits per heavy atom. The molecule has 0 radical (unpaired) electrons. The molecule has 3 aliphatic rings. The molecule has 0 spiro atoms. The number of fused-ring (bicyclic) bond motifs is 2. The maximum Gasteiger partial charge on any atom is 0.211 e. The number of nitrogens with zero attached hydrogens (tertiary/aromatic N) is 2. The topological polar surface area (TPSA) is 99.4 Å². The number of para-hydroxylation sites is 2. The van der Waals surface area contributed by atoms with Crippen LogP contribution in [-0.2, 0) is 0 Å². The number of hydrogen-bond acceptors (Lipinski definition) is 5. The Hall–Kier alpha value is -3.78. The summed E-state index contributed by atoms with van der Waals surface area (Å²) in [5.41, 5.74) is 11.3. The molecule has 0 saturated heterocycles. The smallest absolute Gasteiger partial charge is 0.211 e. The molecule has 6 nitrogen and oxygen atoms in total. The van der Waals surface area contributed by atoms with Crippen LogP contribution in [0.2, 0.25) is 0 Å². The second-order valence-corrected chi connectivity index (χ2v) is 9.56. The zero-order chi connectivity index (χ0) is 27.3. The largest absolute Gasteiger partial charge is 0.341 e. The summed E-state index contributed by atoms with van der Waals surface area (Å²) in [7, 11) is -4.94. The van der Waals surface area contributed by atoms with Crippen LogP contribution in [0.5, 0.6) is 0 Å². The number of halogens is 1. The van der Waals surface area contributed by atoms with Crippen molar-refractivity contribution in [1.82, 2.24) is 0 Å². The Balaban J connectivity index is 0.000000617. The van der Waals surface area contributed by atoms with Crippen molar-refractivity contribution in [2.24, 2.45) is 0 Å². The molecular formula is C31H29ClN2O4. The van der Waals surface area contributed by atoms with Crippen molar-refractivity contribution < 1.29 is 33.4 Å². The Kier molecular flexibility index (Phi) is 8.42. The summed E-state index contributed by atoms with van der Waals surface area (Å²) in [6.45, 7) is 7.54. The molecular weight excluding hydrogens is 500 g/mol. The van der Waals surface area contributed by atoms with Crippen LogP contribution in [-0.4, -0.2) is 6.54 Å². The number of hydrogen-bond donors (Lipinski definition) is 0. The molecule has 0 N–H and O–H groups in total. The summed E-state index contributed by atoms with van der Waals surface area (Å²) < 4.78 is 36.3. The normalized spacial score (nSPS) is 14.1. The van der Waals surface area contributed by atoms with Gasteiger partial charge in [0, 0.05) is 43.9 Å². The highest BCUT2D eigenvalue weighted by Crippen LogP contribution is 2.31. The van der Waals surface area contributed by atoms with Gasteiger partial charge in [-0.2, -0.15) is 4.57 Å². The van der Waals surface area contributed by atoms with E-state index in [0.717, 1.165) is 6.54 Å². The molecule has 0 fully saturated rings. The van der Waals surface area contributed by atoms with Crippen LogP contribution in [0.3, 0.4) is 0 Å². The Morgan fingerprint density at radius 2 is 1.34 bits per heavy atom. The summed E-state index contributed by atoms with van der Waals surface area (Å²) in [6.07, 6.45) is 10.9. The Morgan fingerprint density at radius 1 is 0.763 bits per heavy atom. The maximum absolute atomic E-state index is 8.49. The molecule has 0 aromatic heterocycles. The summed E-state index contributed by atoms with van der Waals surface area (Å²) in [5.74, 6) is 0. The van der Waals surface area contributed by atoms with Crippen LogP contribution in [0.1, 0.15) is 29.4 Å². The van der Waals surface area contributed by atoms with Gasteiger partial charge in [-0.3, -0.25) is 0 Å². The lowest BCUT2D eigenvalue weighted by atomic mass is 10.1. The third-order valence-corrected chi connectivity index (χ3v) is 6.48. The SMILES string of the molecule is CCN1/C(=C/C=C/c2ccc3c(C)[n+](-c4ccccc4)c(C)c-3cc2)C=Cc2ccccc21.[O-][Cl+3]([O-])([O-])[O-]. The van der Waals surface area contributed by atoms with Crippen molar-refractivity contribution in [2.75, 3.05) is 11.4 Å². The zero-order valence-electron chi connectivity index (χ0n) is 21.5. The average Bonchev–Trinajstić information content (AvgIpc) is 3.01. The number of likely N-dealkylation sites (N-methyl/N-ethyl adjacent to an activating group) is 1. The first-order chi connectivity index (χ1) is 18.2. The first-order valence-electron chi connectivity index (χ1n) is 12.2. The molecule has 0 saturated carbocycles. The third kappa shape index (κ3) is 6.37. The molecule has 0 unspecified atom stereocenters. The first-order valence-corrected chi connectivity index (χ1v) is 13.5. The minimum Gasteiger partial charge on any atom is -0.341 e. The molecule has 7 heteroatoms. The number of rotatable bonds is 4. The van der Waals surface area contributed by atoms with Gasteiger partial charge in [0.2, 0.25) is 5.69 Å². The summed E-state index contributed by atoms with van der Waals surface area (Å²) in [5, 5.41) is 0. The van der Waals surface area contributed by atoms with Crippen molar-refractivity contribution in [3.63, 3.8) is 0 Å². The second kappa shape index (κ2) is 11.7. The molecule has 38 heavy (non-hydrogen) atoms. The molecule has 2 aromatic carbocycles. The minimum absolute atomic E-state index is 0.941. The predicted octanol–water partition coefficient (Wildman–Crippen LogP) is 2.38. The lowest BCUT2D eigenvalue weighted by molar-refractivity contribution is -2.00. The van der Waals surface area contributed by atoms with Gasteiger partial charge in [0.1, 0.15) is 0 Å². The van der Waals surface area contributed by atoms with Gasteiger partial charge in [-0.1, -0.05) is 66.8 Å². The van der Waals surface area contributed by atoms with Crippen LogP contribution in [0.4, 0.5) is 5.69 Å². The molecule has 1 aliphatic carbocycles. The first kappa shape index (κ1) is 27.3.